The minimum absolute atomic E-state index is 0.241. The van der Waals surface area contributed by atoms with Gasteiger partial charge in [-0.05, 0) is 33.6 Å². The van der Waals surface area contributed by atoms with Crippen molar-refractivity contribution in [3.63, 3.8) is 0 Å². The molecule has 0 heterocycles. The van der Waals surface area contributed by atoms with E-state index in [2.05, 4.69) is 34.6 Å². The summed E-state index contributed by atoms with van der Waals surface area (Å²) in [6.07, 6.45) is 18.7. The van der Waals surface area contributed by atoms with Crippen molar-refractivity contribution in [3.05, 3.63) is 0 Å². The first-order valence-electron chi connectivity index (χ1n) is 12.1. The van der Waals surface area contributed by atoms with Crippen molar-refractivity contribution in [2.24, 2.45) is 0 Å². The second-order valence-electron chi connectivity index (χ2n) is 7.91. The van der Waals surface area contributed by atoms with Crippen LogP contribution >= 0.6 is 0 Å². The molecule has 0 amide bonds. The summed E-state index contributed by atoms with van der Waals surface area (Å²) < 4.78 is 18.7. The Morgan fingerprint density at radius 1 is 0.593 bits per heavy atom. The Hall–Kier alpha value is 0.0969. The third kappa shape index (κ3) is 15.7. The first-order chi connectivity index (χ1) is 13.1. The number of hydrogen-bond donors (Lipinski definition) is 0. The van der Waals surface area contributed by atoms with Gasteiger partial charge in [-0.15, -0.1) is 0 Å². The first-order valence-corrected chi connectivity index (χ1v) is 14.0. The van der Waals surface area contributed by atoms with Crippen LogP contribution in [0.5, 0.6) is 0 Å². The van der Waals surface area contributed by atoms with Gasteiger partial charge in [-0.3, -0.25) is 0 Å². The van der Waals surface area contributed by atoms with E-state index in [-0.39, 0.29) is 6.10 Å². The summed E-state index contributed by atoms with van der Waals surface area (Å²) in [4.78, 5) is 0. The fraction of sp³-hybridized carbons (Fsp3) is 1.00. The van der Waals surface area contributed by atoms with Crippen molar-refractivity contribution in [3.8, 4) is 0 Å². The smallest absolute Gasteiger partial charge is 0.374 e. The summed E-state index contributed by atoms with van der Waals surface area (Å²) in [5.41, 5.74) is 0. The molecular formula is C23H50O3Si. The van der Waals surface area contributed by atoms with E-state index in [1.165, 1.54) is 77.0 Å². The van der Waals surface area contributed by atoms with Gasteiger partial charge in [0.25, 0.3) is 0 Å². The first kappa shape index (κ1) is 27.1. The maximum absolute atomic E-state index is 6.47. The van der Waals surface area contributed by atoms with E-state index in [1.54, 1.807) is 0 Å². The van der Waals surface area contributed by atoms with Crippen molar-refractivity contribution in [1.82, 2.24) is 0 Å². The fourth-order valence-corrected chi connectivity index (χ4v) is 6.55. The van der Waals surface area contributed by atoms with Crippen LogP contribution in [0.4, 0.5) is 0 Å². The molecule has 0 saturated carbocycles. The van der Waals surface area contributed by atoms with Crippen LogP contribution in [0, 0.1) is 0 Å². The predicted molar refractivity (Wildman–Crippen MR) is 120 cm³/mol. The molecule has 0 aliphatic carbocycles. The zero-order valence-electron chi connectivity index (χ0n) is 19.3. The van der Waals surface area contributed by atoms with Crippen LogP contribution in [0.15, 0.2) is 0 Å². The Morgan fingerprint density at radius 2 is 1.04 bits per heavy atom. The van der Waals surface area contributed by atoms with E-state index < -0.39 is 8.80 Å². The van der Waals surface area contributed by atoms with E-state index >= 15 is 0 Å². The highest BCUT2D eigenvalue weighted by molar-refractivity contribution is 6.60. The van der Waals surface area contributed by atoms with Gasteiger partial charge in [0, 0.05) is 25.4 Å². The Kier molecular flexibility index (Phi) is 19.5. The molecule has 3 nitrogen and oxygen atoms in total. The normalized spacial score (nSPS) is 13.2. The molecule has 0 fully saturated rings. The average molecular weight is 403 g/mol. The van der Waals surface area contributed by atoms with Crippen molar-refractivity contribution in [1.29, 1.82) is 0 Å². The molecule has 0 aromatic rings. The zero-order chi connectivity index (χ0) is 20.2. The average Bonchev–Trinajstić information content (AvgIpc) is 2.64. The van der Waals surface area contributed by atoms with E-state index in [0.717, 1.165) is 18.9 Å². The largest absolute Gasteiger partial charge is 0.501 e. The molecule has 0 radical (unpaired) electrons. The van der Waals surface area contributed by atoms with Crippen LogP contribution in [0.2, 0.25) is 6.04 Å². The van der Waals surface area contributed by atoms with Gasteiger partial charge in [0.2, 0.25) is 0 Å². The molecule has 0 aromatic carbocycles. The third-order valence-electron chi connectivity index (χ3n) is 5.16. The standard InChI is InChI=1S/C23H50O3Si/c1-6-10-12-14-15-16-17-18-19-21-23(5)26-27(24-8-3,25-9-4)22-20-13-11-7-2/h23H,6-22H2,1-5H3. The zero-order valence-corrected chi connectivity index (χ0v) is 20.3. The minimum Gasteiger partial charge on any atom is -0.374 e. The minimum atomic E-state index is -2.50. The molecule has 1 unspecified atom stereocenters. The SMILES string of the molecule is CCCCCCCCCCCC(C)O[Si](CCCCCC)(OCC)OCC. The van der Waals surface area contributed by atoms with Gasteiger partial charge in [-0.2, -0.15) is 0 Å². The van der Waals surface area contributed by atoms with E-state index in [9.17, 15) is 0 Å². The molecular weight excluding hydrogens is 352 g/mol. The van der Waals surface area contributed by atoms with Gasteiger partial charge in [0.1, 0.15) is 0 Å². The third-order valence-corrected chi connectivity index (χ3v) is 8.34. The second-order valence-corrected chi connectivity index (χ2v) is 10.6. The van der Waals surface area contributed by atoms with Crippen molar-refractivity contribution in [2.45, 2.75) is 137 Å². The molecule has 1 atom stereocenters. The maximum atomic E-state index is 6.47. The number of unbranched alkanes of at least 4 members (excludes halogenated alkanes) is 11. The lowest BCUT2D eigenvalue weighted by Crippen LogP contribution is -2.48. The lowest BCUT2D eigenvalue weighted by Gasteiger charge is -2.32. The van der Waals surface area contributed by atoms with Gasteiger partial charge >= 0.3 is 8.80 Å². The molecule has 0 aromatic heterocycles. The number of hydrogen-bond acceptors (Lipinski definition) is 3. The highest BCUT2D eigenvalue weighted by Gasteiger charge is 2.41. The molecule has 0 saturated heterocycles. The van der Waals surface area contributed by atoms with Gasteiger partial charge < -0.3 is 13.3 Å². The molecule has 0 bridgehead atoms. The maximum Gasteiger partial charge on any atom is 0.501 e. The van der Waals surface area contributed by atoms with Gasteiger partial charge in [0.05, 0.1) is 0 Å². The Labute approximate surface area is 172 Å². The second kappa shape index (κ2) is 19.4. The molecule has 0 N–H and O–H groups in total. The molecule has 27 heavy (non-hydrogen) atoms. The fourth-order valence-electron chi connectivity index (χ4n) is 3.63. The van der Waals surface area contributed by atoms with E-state index in [1.807, 2.05) is 0 Å². The Morgan fingerprint density at radius 3 is 1.52 bits per heavy atom. The van der Waals surface area contributed by atoms with E-state index in [0.29, 0.717) is 13.2 Å². The molecule has 0 rings (SSSR count). The molecule has 4 heteroatoms. The van der Waals surface area contributed by atoms with Crippen molar-refractivity contribution in [2.75, 3.05) is 13.2 Å². The van der Waals surface area contributed by atoms with Crippen LogP contribution in [0.1, 0.15) is 125 Å². The lowest BCUT2D eigenvalue weighted by molar-refractivity contribution is 0.0342. The topological polar surface area (TPSA) is 27.7 Å². The predicted octanol–water partition coefficient (Wildman–Crippen LogP) is 7.90. The quantitative estimate of drug-likeness (QED) is 0.144. The van der Waals surface area contributed by atoms with Crippen LogP contribution in [-0.4, -0.2) is 28.1 Å². The monoisotopic (exact) mass is 402 g/mol. The van der Waals surface area contributed by atoms with E-state index in [4.69, 9.17) is 13.3 Å². The van der Waals surface area contributed by atoms with Crippen LogP contribution in [0.25, 0.3) is 0 Å². The highest BCUT2D eigenvalue weighted by atomic mass is 28.4. The van der Waals surface area contributed by atoms with Crippen LogP contribution in [0.3, 0.4) is 0 Å². The summed E-state index contributed by atoms with van der Waals surface area (Å²) in [7, 11) is -2.50. The summed E-state index contributed by atoms with van der Waals surface area (Å²) in [6.45, 7) is 12.2. The van der Waals surface area contributed by atoms with Crippen LogP contribution in [-0.2, 0) is 13.3 Å². The summed E-state index contributed by atoms with van der Waals surface area (Å²) in [5, 5.41) is 0. The molecule has 0 spiro atoms. The Bertz CT molecular complexity index is 293. The molecule has 0 aliphatic rings. The highest BCUT2D eigenvalue weighted by Crippen LogP contribution is 2.24. The summed E-state index contributed by atoms with van der Waals surface area (Å²) in [6, 6.07) is 0.969. The van der Waals surface area contributed by atoms with Gasteiger partial charge in [0.15, 0.2) is 0 Å². The summed E-state index contributed by atoms with van der Waals surface area (Å²) in [5.74, 6) is 0. The summed E-state index contributed by atoms with van der Waals surface area (Å²) >= 11 is 0. The van der Waals surface area contributed by atoms with Crippen molar-refractivity contribution < 1.29 is 13.3 Å². The van der Waals surface area contributed by atoms with Crippen molar-refractivity contribution >= 4 is 8.80 Å². The molecule has 0 aliphatic heterocycles. The number of rotatable bonds is 21. The lowest BCUT2D eigenvalue weighted by atomic mass is 10.1. The van der Waals surface area contributed by atoms with Gasteiger partial charge in [-0.1, -0.05) is 90.9 Å². The molecule has 164 valence electrons. The van der Waals surface area contributed by atoms with Gasteiger partial charge in [-0.25, -0.2) is 0 Å². The van der Waals surface area contributed by atoms with Crippen LogP contribution < -0.4 is 0 Å². The Balaban J connectivity index is 4.09.